The third-order valence-corrected chi connectivity index (χ3v) is 3.93. The number of benzene rings is 1. The van der Waals surface area contributed by atoms with E-state index in [4.69, 9.17) is 11.6 Å². The standard InChI is InChI=1S/C14H18ClFO/c15-12-7-6-10(8-13(12)16)9-14(17)11-4-2-1-3-5-11/h6-8,11,14,17H,1-5,9H2. The van der Waals surface area contributed by atoms with Crippen LogP contribution in [-0.2, 0) is 6.42 Å². The quantitative estimate of drug-likeness (QED) is 0.868. The van der Waals surface area contributed by atoms with Crippen molar-refractivity contribution in [3.8, 4) is 0 Å². The summed E-state index contributed by atoms with van der Waals surface area (Å²) in [6.07, 6.45) is 6.05. The minimum atomic E-state index is -0.403. The molecule has 1 atom stereocenters. The molecule has 0 bridgehead atoms. The summed E-state index contributed by atoms with van der Waals surface area (Å²) < 4.78 is 13.3. The van der Waals surface area contributed by atoms with Crippen molar-refractivity contribution in [3.63, 3.8) is 0 Å². The van der Waals surface area contributed by atoms with Crippen molar-refractivity contribution >= 4 is 11.6 Å². The lowest BCUT2D eigenvalue weighted by molar-refractivity contribution is 0.0850. The largest absolute Gasteiger partial charge is 0.392 e. The molecule has 0 amide bonds. The first-order chi connectivity index (χ1) is 8.16. The first-order valence-electron chi connectivity index (χ1n) is 6.29. The van der Waals surface area contributed by atoms with Gasteiger partial charge < -0.3 is 5.11 Å². The van der Waals surface area contributed by atoms with Crippen LogP contribution in [0.25, 0.3) is 0 Å². The lowest BCUT2D eigenvalue weighted by atomic mass is 9.83. The van der Waals surface area contributed by atoms with E-state index in [0.717, 1.165) is 18.4 Å². The van der Waals surface area contributed by atoms with Gasteiger partial charge in [0.2, 0.25) is 0 Å². The normalized spacial score (nSPS) is 19.2. The third-order valence-electron chi connectivity index (χ3n) is 3.62. The average molecular weight is 257 g/mol. The Morgan fingerprint density at radius 1 is 1.29 bits per heavy atom. The minimum Gasteiger partial charge on any atom is -0.392 e. The summed E-state index contributed by atoms with van der Waals surface area (Å²) in [6.45, 7) is 0. The molecular formula is C14H18ClFO. The fourth-order valence-electron chi connectivity index (χ4n) is 2.59. The second-order valence-electron chi connectivity index (χ2n) is 4.92. The average Bonchev–Trinajstić information content (AvgIpc) is 2.35. The van der Waals surface area contributed by atoms with Crippen molar-refractivity contribution in [2.45, 2.75) is 44.6 Å². The van der Waals surface area contributed by atoms with Gasteiger partial charge in [-0.2, -0.15) is 0 Å². The van der Waals surface area contributed by atoms with Gasteiger partial charge >= 0.3 is 0 Å². The van der Waals surface area contributed by atoms with Gasteiger partial charge in [0.15, 0.2) is 0 Å². The van der Waals surface area contributed by atoms with Gasteiger partial charge in [0, 0.05) is 0 Å². The molecule has 0 aromatic heterocycles. The highest BCUT2D eigenvalue weighted by Gasteiger charge is 2.21. The third kappa shape index (κ3) is 3.43. The molecule has 1 aliphatic carbocycles. The Bertz CT molecular complexity index is 374. The van der Waals surface area contributed by atoms with E-state index in [1.165, 1.54) is 25.3 Å². The smallest absolute Gasteiger partial charge is 0.142 e. The Labute approximate surface area is 107 Å². The summed E-state index contributed by atoms with van der Waals surface area (Å²) in [6, 6.07) is 4.77. The number of hydrogen-bond acceptors (Lipinski definition) is 1. The molecule has 3 heteroatoms. The van der Waals surface area contributed by atoms with Crippen LogP contribution in [0.2, 0.25) is 5.02 Å². The lowest BCUT2D eigenvalue weighted by Crippen LogP contribution is -2.25. The Balaban J connectivity index is 1.96. The van der Waals surface area contributed by atoms with E-state index in [-0.39, 0.29) is 11.1 Å². The van der Waals surface area contributed by atoms with Crippen LogP contribution in [0.15, 0.2) is 18.2 Å². The van der Waals surface area contributed by atoms with Crippen LogP contribution >= 0.6 is 11.6 Å². The highest BCUT2D eigenvalue weighted by molar-refractivity contribution is 6.30. The molecule has 0 saturated heterocycles. The molecule has 1 aromatic rings. The molecule has 1 aromatic carbocycles. The molecule has 0 aliphatic heterocycles. The van der Waals surface area contributed by atoms with Crippen LogP contribution in [0.5, 0.6) is 0 Å². The van der Waals surface area contributed by atoms with Gasteiger partial charge in [-0.1, -0.05) is 36.9 Å². The zero-order valence-electron chi connectivity index (χ0n) is 9.83. The van der Waals surface area contributed by atoms with Crippen LogP contribution < -0.4 is 0 Å². The van der Waals surface area contributed by atoms with Crippen LogP contribution in [0, 0.1) is 11.7 Å². The predicted molar refractivity (Wildman–Crippen MR) is 67.7 cm³/mol. The summed E-state index contributed by atoms with van der Waals surface area (Å²) in [4.78, 5) is 0. The van der Waals surface area contributed by atoms with E-state index < -0.39 is 5.82 Å². The number of halogens is 2. The molecule has 1 fully saturated rings. The summed E-state index contributed by atoms with van der Waals surface area (Å²) >= 11 is 5.63. The maximum Gasteiger partial charge on any atom is 0.142 e. The Morgan fingerprint density at radius 2 is 2.00 bits per heavy atom. The highest BCUT2D eigenvalue weighted by atomic mass is 35.5. The van der Waals surface area contributed by atoms with E-state index in [1.807, 2.05) is 0 Å². The Morgan fingerprint density at radius 3 is 2.65 bits per heavy atom. The van der Waals surface area contributed by atoms with E-state index in [9.17, 15) is 9.50 Å². The monoisotopic (exact) mass is 256 g/mol. The van der Waals surface area contributed by atoms with Gasteiger partial charge in [-0.15, -0.1) is 0 Å². The Hall–Kier alpha value is -0.600. The van der Waals surface area contributed by atoms with Crippen molar-refractivity contribution in [1.82, 2.24) is 0 Å². The molecule has 17 heavy (non-hydrogen) atoms. The molecule has 1 unspecified atom stereocenters. The van der Waals surface area contributed by atoms with Crippen molar-refractivity contribution in [2.24, 2.45) is 5.92 Å². The molecule has 0 heterocycles. The molecular weight excluding hydrogens is 239 g/mol. The maximum absolute atomic E-state index is 13.3. The summed E-state index contributed by atoms with van der Waals surface area (Å²) in [5.74, 6) is -0.0255. The van der Waals surface area contributed by atoms with Gasteiger partial charge in [-0.05, 0) is 42.9 Å². The molecule has 1 N–H and O–H groups in total. The number of aliphatic hydroxyl groups excluding tert-OH is 1. The SMILES string of the molecule is OC(Cc1ccc(Cl)c(F)c1)C1CCCCC1. The predicted octanol–water partition coefficient (Wildman–Crippen LogP) is 3.96. The van der Waals surface area contributed by atoms with E-state index >= 15 is 0 Å². The number of rotatable bonds is 3. The molecule has 94 valence electrons. The molecule has 0 spiro atoms. The Kier molecular flexibility index (Phi) is 4.41. The zero-order valence-corrected chi connectivity index (χ0v) is 10.6. The van der Waals surface area contributed by atoms with Gasteiger partial charge in [0.05, 0.1) is 11.1 Å². The van der Waals surface area contributed by atoms with Crippen LogP contribution in [-0.4, -0.2) is 11.2 Å². The zero-order chi connectivity index (χ0) is 12.3. The topological polar surface area (TPSA) is 20.2 Å². The first-order valence-corrected chi connectivity index (χ1v) is 6.66. The van der Waals surface area contributed by atoms with E-state index in [2.05, 4.69) is 0 Å². The summed E-state index contributed by atoms with van der Waals surface area (Å²) in [5.41, 5.74) is 0.824. The second kappa shape index (κ2) is 5.83. The fraction of sp³-hybridized carbons (Fsp3) is 0.571. The summed E-state index contributed by atoms with van der Waals surface area (Å²) in [5, 5.41) is 10.3. The molecule has 1 aliphatic rings. The van der Waals surface area contributed by atoms with E-state index in [0.29, 0.717) is 12.3 Å². The fourth-order valence-corrected chi connectivity index (χ4v) is 2.71. The van der Waals surface area contributed by atoms with Crippen molar-refractivity contribution in [3.05, 3.63) is 34.6 Å². The van der Waals surface area contributed by atoms with Crippen molar-refractivity contribution in [2.75, 3.05) is 0 Å². The second-order valence-corrected chi connectivity index (χ2v) is 5.33. The van der Waals surface area contributed by atoms with Gasteiger partial charge in [0.25, 0.3) is 0 Å². The molecule has 1 saturated carbocycles. The molecule has 1 nitrogen and oxygen atoms in total. The number of hydrogen-bond donors (Lipinski definition) is 1. The van der Waals surface area contributed by atoms with E-state index in [1.54, 1.807) is 12.1 Å². The van der Waals surface area contributed by atoms with Crippen LogP contribution in [0.4, 0.5) is 4.39 Å². The lowest BCUT2D eigenvalue weighted by Gasteiger charge is -2.26. The summed E-state index contributed by atoms with van der Waals surface area (Å²) in [7, 11) is 0. The first kappa shape index (κ1) is 12.8. The van der Waals surface area contributed by atoms with Gasteiger partial charge in [-0.25, -0.2) is 4.39 Å². The van der Waals surface area contributed by atoms with Crippen LogP contribution in [0.1, 0.15) is 37.7 Å². The minimum absolute atomic E-state index is 0.140. The highest BCUT2D eigenvalue weighted by Crippen LogP contribution is 2.28. The van der Waals surface area contributed by atoms with Crippen molar-refractivity contribution < 1.29 is 9.50 Å². The van der Waals surface area contributed by atoms with Gasteiger partial charge in [-0.3, -0.25) is 0 Å². The van der Waals surface area contributed by atoms with Crippen LogP contribution in [0.3, 0.4) is 0 Å². The number of aliphatic hydroxyl groups is 1. The van der Waals surface area contributed by atoms with Crippen molar-refractivity contribution in [1.29, 1.82) is 0 Å². The molecule has 2 rings (SSSR count). The maximum atomic E-state index is 13.3. The molecule has 0 radical (unpaired) electrons. The van der Waals surface area contributed by atoms with Gasteiger partial charge in [0.1, 0.15) is 5.82 Å².